The number of aromatic nitrogens is 4. The van der Waals surface area contributed by atoms with Crippen LogP contribution in [0.25, 0.3) is 16.7 Å². The summed E-state index contributed by atoms with van der Waals surface area (Å²) in [5, 5.41) is 12.4. The van der Waals surface area contributed by atoms with Crippen LogP contribution in [0.4, 0.5) is 5.82 Å². The fourth-order valence-corrected chi connectivity index (χ4v) is 3.19. The van der Waals surface area contributed by atoms with Crippen molar-refractivity contribution in [3.05, 3.63) is 41.9 Å². The molecule has 1 atom stereocenters. The number of nitrogens with zero attached hydrogens (tertiary/aromatic N) is 4. The van der Waals surface area contributed by atoms with Crippen molar-refractivity contribution in [2.75, 3.05) is 18.4 Å². The first-order valence-electron chi connectivity index (χ1n) is 7.95. The monoisotopic (exact) mass is 308 g/mol. The van der Waals surface area contributed by atoms with Crippen molar-refractivity contribution in [2.45, 2.75) is 26.3 Å². The van der Waals surface area contributed by atoms with E-state index in [0.29, 0.717) is 6.04 Å². The van der Waals surface area contributed by atoms with Gasteiger partial charge in [-0.2, -0.15) is 5.10 Å². The molecule has 0 amide bonds. The summed E-state index contributed by atoms with van der Waals surface area (Å²) in [7, 11) is 0. The summed E-state index contributed by atoms with van der Waals surface area (Å²) in [5.41, 5.74) is 4.30. The smallest absolute Gasteiger partial charge is 0.168 e. The van der Waals surface area contributed by atoms with Gasteiger partial charge in [0.1, 0.15) is 12.1 Å². The van der Waals surface area contributed by atoms with Gasteiger partial charge in [-0.3, -0.25) is 0 Å². The van der Waals surface area contributed by atoms with Crippen LogP contribution < -0.4 is 10.6 Å². The molecule has 1 aliphatic heterocycles. The molecule has 3 heterocycles. The van der Waals surface area contributed by atoms with Gasteiger partial charge in [0, 0.05) is 12.6 Å². The zero-order valence-corrected chi connectivity index (χ0v) is 13.4. The van der Waals surface area contributed by atoms with Crippen LogP contribution in [0, 0.1) is 13.8 Å². The number of hydrogen-bond acceptors (Lipinski definition) is 5. The molecule has 0 saturated carbocycles. The molecular weight excluding hydrogens is 288 g/mol. The minimum absolute atomic E-state index is 0.415. The molecule has 0 radical (unpaired) electrons. The molecule has 3 aromatic rings. The van der Waals surface area contributed by atoms with Crippen LogP contribution in [-0.4, -0.2) is 38.9 Å². The third-order valence-electron chi connectivity index (χ3n) is 4.22. The maximum absolute atomic E-state index is 4.54. The zero-order chi connectivity index (χ0) is 15.8. The molecule has 0 bridgehead atoms. The molecular formula is C17H20N6. The highest BCUT2D eigenvalue weighted by Crippen LogP contribution is 2.23. The first kappa shape index (κ1) is 14.1. The fourth-order valence-electron chi connectivity index (χ4n) is 3.19. The molecule has 1 aliphatic rings. The average molecular weight is 308 g/mol. The Hall–Kier alpha value is -2.47. The Bertz CT molecular complexity index is 827. The van der Waals surface area contributed by atoms with Crippen LogP contribution in [0.15, 0.2) is 30.7 Å². The molecule has 6 heteroatoms. The predicted octanol–water partition coefficient (Wildman–Crippen LogP) is 2.21. The number of nitrogens with one attached hydrogen (secondary N) is 2. The maximum Gasteiger partial charge on any atom is 0.168 e. The molecule has 1 fully saturated rings. The Balaban J connectivity index is 1.77. The third-order valence-corrected chi connectivity index (χ3v) is 4.22. The van der Waals surface area contributed by atoms with Crippen LogP contribution in [0.5, 0.6) is 0 Å². The normalized spacial score (nSPS) is 17.7. The van der Waals surface area contributed by atoms with Gasteiger partial charge in [0.2, 0.25) is 0 Å². The van der Waals surface area contributed by atoms with Crippen molar-refractivity contribution in [2.24, 2.45) is 0 Å². The molecule has 6 nitrogen and oxygen atoms in total. The molecule has 0 spiro atoms. The standard InChI is InChI=1S/C17H20N6/c1-11-5-12(2)7-14(6-11)23-17-15(9-21-23)16(19-10-20-17)22-13-3-4-18-8-13/h5-7,9-10,13,18H,3-4,8H2,1-2H3,(H,19,20,22). The van der Waals surface area contributed by atoms with Gasteiger partial charge in [0.05, 0.1) is 17.3 Å². The summed E-state index contributed by atoms with van der Waals surface area (Å²) in [4.78, 5) is 8.85. The summed E-state index contributed by atoms with van der Waals surface area (Å²) in [6.45, 7) is 6.21. The van der Waals surface area contributed by atoms with E-state index in [2.05, 4.69) is 57.7 Å². The molecule has 1 aromatic carbocycles. The summed E-state index contributed by atoms with van der Waals surface area (Å²) < 4.78 is 1.88. The topological polar surface area (TPSA) is 67.7 Å². The summed E-state index contributed by atoms with van der Waals surface area (Å²) in [6.07, 6.45) is 4.56. The number of rotatable bonds is 3. The summed E-state index contributed by atoms with van der Waals surface area (Å²) >= 11 is 0. The van der Waals surface area contributed by atoms with E-state index in [9.17, 15) is 0 Å². The van der Waals surface area contributed by atoms with Crippen LogP contribution in [0.1, 0.15) is 17.5 Å². The van der Waals surface area contributed by atoms with Crippen LogP contribution >= 0.6 is 0 Å². The number of benzene rings is 1. The predicted molar refractivity (Wildman–Crippen MR) is 91.0 cm³/mol. The molecule has 4 rings (SSSR count). The number of hydrogen-bond donors (Lipinski definition) is 2. The zero-order valence-electron chi connectivity index (χ0n) is 13.4. The number of aryl methyl sites for hydroxylation is 2. The number of fused-ring (bicyclic) bond motifs is 1. The second-order valence-corrected chi connectivity index (χ2v) is 6.20. The molecule has 2 N–H and O–H groups in total. The molecule has 23 heavy (non-hydrogen) atoms. The van der Waals surface area contributed by atoms with Crippen molar-refractivity contribution in [1.29, 1.82) is 0 Å². The van der Waals surface area contributed by atoms with Crippen molar-refractivity contribution in [3.8, 4) is 5.69 Å². The Labute approximate surface area is 135 Å². The van der Waals surface area contributed by atoms with Gasteiger partial charge in [-0.1, -0.05) is 6.07 Å². The van der Waals surface area contributed by atoms with Gasteiger partial charge in [-0.05, 0) is 50.1 Å². The van der Waals surface area contributed by atoms with E-state index in [1.807, 2.05) is 10.9 Å². The fraction of sp³-hybridized carbons (Fsp3) is 0.353. The van der Waals surface area contributed by atoms with E-state index in [1.165, 1.54) is 11.1 Å². The van der Waals surface area contributed by atoms with E-state index in [1.54, 1.807) is 6.33 Å². The van der Waals surface area contributed by atoms with Gasteiger partial charge >= 0.3 is 0 Å². The average Bonchev–Trinajstić information content (AvgIpc) is 3.15. The van der Waals surface area contributed by atoms with Crippen molar-refractivity contribution < 1.29 is 0 Å². The third kappa shape index (κ3) is 2.66. The van der Waals surface area contributed by atoms with Crippen molar-refractivity contribution in [3.63, 3.8) is 0 Å². The van der Waals surface area contributed by atoms with Gasteiger partial charge in [0.25, 0.3) is 0 Å². The minimum atomic E-state index is 0.415. The molecule has 2 aromatic heterocycles. The second kappa shape index (κ2) is 5.62. The molecule has 1 saturated heterocycles. The highest BCUT2D eigenvalue weighted by molar-refractivity contribution is 5.87. The van der Waals surface area contributed by atoms with E-state index in [0.717, 1.165) is 42.0 Å². The van der Waals surface area contributed by atoms with Crippen LogP contribution in [0.2, 0.25) is 0 Å². The van der Waals surface area contributed by atoms with Gasteiger partial charge in [-0.15, -0.1) is 0 Å². The van der Waals surface area contributed by atoms with E-state index in [4.69, 9.17) is 0 Å². The highest BCUT2D eigenvalue weighted by Gasteiger charge is 2.17. The van der Waals surface area contributed by atoms with Crippen LogP contribution in [0.3, 0.4) is 0 Å². The first-order chi connectivity index (χ1) is 11.2. The Morgan fingerprint density at radius 1 is 1.17 bits per heavy atom. The minimum Gasteiger partial charge on any atom is -0.365 e. The second-order valence-electron chi connectivity index (χ2n) is 6.20. The SMILES string of the molecule is Cc1cc(C)cc(-n2ncc3c(NC4CCNC4)ncnc32)c1. The first-order valence-corrected chi connectivity index (χ1v) is 7.95. The van der Waals surface area contributed by atoms with Crippen molar-refractivity contribution in [1.82, 2.24) is 25.1 Å². The highest BCUT2D eigenvalue weighted by atomic mass is 15.3. The quantitative estimate of drug-likeness (QED) is 0.776. The maximum atomic E-state index is 4.54. The summed E-state index contributed by atoms with van der Waals surface area (Å²) in [6, 6.07) is 6.81. The van der Waals surface area contributed by atoms with Crippen molar-refractivity contribution >= 4 is 16.9 Å². The Morgan fingerprint density at radius 2 is 2.00 bits per heavy atom. The molecule has 0 aliphatic carbocycles. The Kier molecular flexibility index (Phi) is 3.46. The van der Waals surface area contributed by atoms with Crippen LogP contribution in [-0.2, 0) is 0 Å². The lowest BCUT2D eigenvalue weighted by Crippen LogP contribution is -2.22. The van der Waals surface area contributed by atoms with E-state index in [-0.39, 0.29) is 0 Å². The van der Waals surface area contributed by atoms with Gasteiger partial charge in [0.15, 0.2) is 5.65 Å². The van der Waals surface area contributed by atoms with E-state index < -0.39 is 0 Å². The van der Waals surface area contributed by atoms with E-state index >= 15 is 0 Å². The molecule has 1 unspecified atom stereocenters. The molecule has 118 valence electrons. The number of anilines is 1. The van der Waals surface area contributed by atoms with Gasteiger partial charge in [-0.25, -0.2) is 14.6 Å². The lowest BCUT2D eigenvalue weighted by atomic mass is 10.1. The summed E-state index contributed by atoms with van der Waals surface area (Å²) in [5.74, 6) is 0.860. The van der Waals surface area contributed by atoms with Gasteiger partial charge < -0.3 is 10.6 Å². The Morgan fingerprint density at radius 3 is 2.74 bits per heavy atom. The largest absolute Gasteiger partial charge is 0.365 e. The lowest BCUT2D eigenvalue weighted by molar-refractivity contribution is 0.789. The lowest BCUT2D eigenvalue weighted by Gasteiger charge is -2.12.